The van der Waals surface area contributed by atoms with Crippen LogP contribution in [0.2, 0.25) is 0 Å². The van der Waals surface area contributed by atoms with Crippen molar-refractivity contribution in [1.29, 1.82) is 0 Å². The maximum atomic E-state index is 11.0. The van der Waals surface area contributed by atoms with E-state index in [0.717, 1.165) is 0 Å². The van der Waals surface area contributed by atoms with Crippen molar-refractivity contribution < 1.29 is 4.79 Å². The summed E-state index contributed by atoms with van der Waals surface area (Å²) in [5, 5.41) is 3.51. The topological polar surface area (TPSA) is 61.4 Å². The minimum Gasteiger partial charge on any atom is -0.328 e. The van der Waals surface area contributed by atoms with Crippen LogP contribution in [0.4, 0.5) is 5.82 Å². The van der Waals surface area contributed by atoms with Crippen molar-refractivity contribution in [3.05, 3.63) is 12.0 Å². The van der Waals surface area contributed by atoms with Crippen LogP contribution >= 0.6 is 0 Å². The lowest BCUT2D eigenvalue weighted by Gasteiger charge is -2.02. The number of aliphatic imine (C=N–C) groups is 1. The van der Waals surface area contributed by atoms with Crippen molar-refractivity contribution in [3.63, 3.8) is 0 Å². The van der Waals surface area contributed by atoms with Gasteiger partial charge in [0.15, 0.2) is 11.5 Å². The third kappa shape index (κ3) is 0.739. The third-order valence-corrected chi connectivity index (χ3v) is 1.48. The van der Waals surface area contributed by atoms with Crippen LogP contribution in [-0.2, 0) is 7.05 Å². The first-order chi connectivity index (χ1) is 5.29. The first-order valence-corrected chi connectivity index (χ1v) is 3.08. The summed E-state index contributed by atoms with van der Waals surface area (Å²) >= 11 is 0. The van der Waals surface area contributed by atoms with Gasteiger partial charge in [0.1, 0.15) is 6.34 Å². The van der Waals surface area contributed by atoms with Crippen molar-refractivity contribution in [1.82, 2.24) is 14.9 Å². The number of nitrogens with zero attached hydrogens (tertiary/aromatic N) is 4. The maximum absolute atomic E-state index is 11.0. The van der Waals surface area contributed by atoms with Crippen LogP contribution in [0.5, 0.6) is 0 Å². The van der Waals surface area contributed by atoms with Gasteiger partial charge >= 0.3 is 0 Å². The molecule has 0 fully saturated rings. The summed E-state index contributed by atoms with van der Waals surface area (Å²) in [5.41, 5.74) is 0.451. The highest BCUT2D eigenvalue weighted by molar-refractivity contribution is 6.05. The zero-order valence-electron chi connectivity index (χ0n) is 5.85. The molecule has 0 saturated heterocycles. The number of aromatic nitrogens is 2. The Kier molecular flexibility index (Phi) is 1.06. The molecule has 1 aromatic heterocycles. The summed E-state index contributed by atoms with van der Waals surface area (Å²) in [6.07, 6.45) is 2.76. The van der Waals surface area contributed by atoms with E-state index in [-0.39, 0.29) is 5.91 Å². The minimum atomic E-state index is -0.282. The van der Waals surface area contributed by atoms with E-state index in [4.69, 9.17) is 0 Å². The SMILES string of the molecule is Cn1cnc2c1C(=O)[N]C=N2. The standard InChI is InChI=1S/C6H5N4O/c1-10-3-9-5-4(10)6(11)8-2-7-5/h2-3H,1H3. The number of aryl methyl sites for hydroxylation is 1. The van der Waals surface area contributed by atoms with Crippen LogP contribution < -0.4 is 5.32 Å². The first kappa shape index (κ1) is 6.09. The van der Waals surface area contributed by atoms with E-state index in [1.807, 2.05) is 0 Å². The molecule has 11 heavy (non-hydrogen) atoms. The Morgan fingerprint density at radius 3 is 3.09 bits per heavy atom. The van der Waals surface area contributed by atoms with E-state index in [9.17, 15) is 4.79 Å². The van der Waals surface area contributed by atoms with Crippen LogP contribution in [0.25, 0.3) is 0 Å². The Labute approximate surface area is 62.8 Å². The van der Waals surface area contributed by atoms with Crippen molar-refractivity contribution >= 4 is 18.1 Å². The molecule has 2 heterocycles. The summed E-state index contributed by atoms with van der Waals surface area (Å²) < 4.78 is 1.61. The molecule has 1 aliphatic heterocycles. The van der Waals surface area contributed by atoms with Gasteiger partial charge in [-0.3, -0.25) is 4.79 Å². The Bertz CT molecular complexity index is 338. The molecule has 5 nitrogen and oxygen atoms in total. The highest BCUT2D eigenvalue weighted by Crippen LogP contribution is 2.17. The predicted molar refractivity (Wildman–Crippen MR) is 37.8 cm³/mol. The molecule has 0 atom stereocenters. The molecule has 1 aromatic rings. The van der Waals surface area contributed by atoms with Gasteiger partial charge in [-0.2, -0.15) is 5.32 Å². The molecule has 1 aliphatic rings. The van der Waals surface area contributed by atoms with Crippen molar-refractivity contribution in [2.45, 2.75) is 0 Å². The van der Waals surface area contributed by atoms with E-state index in [1.165, 1.54) is 6.34 Å². The van der Waals surface area contributed by atoms with E-state index in [1.54, 1.807) is 17.9 Å². The van der Waals surface area contributed by atoms with Crippen molar-refractivity contribution in [2.24, 2.45) is 12.0 Å². The number of imidazole rings is 1. The van der Waals surface area contributed by atoms with Gasteiger partial charge < -0.3 is 4.57 Å². The van der Waals surface area contributed by atoms with E-state index >= 15 is 0 Å². The van der Waals surface area contributed by atoms with E-state index in [0.29, 0.717) is 11.5 Å². The Hall–Kier alpha value is -1.65. The second-order valence-electron chi connectivity index (χ2n) is 2.21. The number of fused-ring (bicyclic) bond motifs is 1. The quantitative estimate of drug-likeness (QED) is 0.514. The van der Waals surface area contributed by atoms with Crippen molar-refractivity contribution in [2.75, 3.05) is 0 Å². The zero-order chi connectivity index (χ0) is 7.84. The minimum absolute atomic E-state index is 0.282. The summed E-state index contributed by atoms with van der Waals surface area (Å²) in [6, 6.07) is 0. The van der Waals surface area contributed by atoms with E-state index < -0.39 is 0 Å². The fourth-order valence-corrected chi connectivity index (χ4v) is 0.956. The number of amides is 1. The molecular weight excluding hydrogens is 144 g/mol. The van der Waals surface area contributed by atoms with Crippen LogP contribution in [-0.4, -0.2) is 21.8 Å². The molecule has 0 aromatic carbocycles. The van der Waals surface area contributed by atoms with Crippen LogP contribution in [0, 0.1) is 0 Å². The second-order valence-corrected chi connectivity index (χ2v) is 2.21. The Balaban J connectivity index is 2.67. The average molecular weight is 149 g/mol. The van der Waals surface area contributed by atoms with Crippen LogP contribution in [0.15, 0.2) is 11.3 Å². The lowest BCUT2D eigenvalue weighted by atomic mass is 10.4. The van der Waals surface area contributed by atoms with Gasteiger partial charge in [-0.1, -0.05) is 0 Å². The molecule has 0 bridgehead atoms. The predicted octanol–water partition coefficient (Wildman–Crippen LogP) is -0.162. The highest BCUT2D eigenvalue weighted by Gasteiger charge is 2.19. The number of hydrogen-bond acceptors (Lipinski definition) is 3. The molecule has 0 spiro atoms. The maximum Gasteiger partial charge on any atom is 0.299 e. The Morgan fingerprint density at radius 1 is 1.55 bits per heavy atom. The van der Waals surface area contributed by atoms with Crippen LogP contribution in [0.1, 0.15) is 10.5 Å². The summed E-state index contributed by atoms with van der Waals surface area (Å²) in [4.78, 5) is 18.8. The smallest absolute Gasteiger partial charge is 0.299 e. The lowest BCUT2D eigenvalue weighted by molar-refractivity contribution is 0.0966. The van der Waals surface area contributed by atoms with Gasteiger partial charge in [0.2, 0.25) is 0 Å². The first-order valence-electron chi connectivity index (χ1n) is 3.08. The molecule has 0 saturated carbocycles. The number of carbonyl (C=O) groups is 1. The van der Waals surface area contributed by atoms with E-state index in [2.05, 4.69) is 15.3 Å². The molecule has 0 N–H and O–H groups in total. The zero-order valence-corrected chi connectivity index (χ0v) is 5.85. The van der Waals surface area contributed by atoms with Gasteiger partial charge in [0.25, 0.3) is 5.91 Å². The lowest BCUT2D eigenvalue weighted by Crippen LogP contribution is -2.19. The number of hydrogen-bond donors (Lipinski definition) is 0. The molecule has 0 unspecified atom stereocenters. The summed E-state index contributed by atoms with van der Waals surface area (Å²) in [5.74, 6) is 0.169. The molecular formula is C6H5N4O. The second kappa shape index (κ2) is 1.91. The van der Waals surface area contributed by atoms with Gasteiger partial charge in [-0.25, -0.2) is 9.98 Å². The van der Waals surface area contributed by atoms with Gasteiger partial charge in [0, 0.05) is 7.05 Å². The van der Waals surface area contributed by atoms with Gasteiger partial charge in [-0.15, -0.1) is 0 Å². The monoisotopic (exact) mass is 149 g/mol. The summed E-state index contributed by atoms with van der Waals surface area (Å²) in [7, 11) is 1.74. The Morgan fingerprint density at radius 2 is 2.36 bits per heavy atom. The number of rotatable bonds is 0. The molecule has 1 amide bonds. The largest absolute Gasteiger partial charge is 0.328 e. The van der Waals surface area contributed by atoms with Gasteiger partial charge in [0.05, 0.1) is 6.33 Å². The van der Waals surface area contributed by atoms with Crippen LogP contribution in [0.3, 0.4) is 0 Å². The fraction of sp³-hybridized carbons (Fsp3) is 0.167. The molecule has 5 heteroatoms. The van der Waals surface area contributed by atoms with Crippen molar-refractivity contribution in [3.8, 4) is 0 Å². The normalized spacial score (nSPS) is 14.5. The number of carbonyl (C=O) groups excluding carboxylic acids is 1. The highest BCUT2D eigenvalue weighted by atomic mass is 16.2. The van der Waals surface area contributed by atoms with Gasteiger partial charge in [-0.05, 0) is 0 Å². The molecule has 2 rings (SSSR count). The molecule has 1 radical (unpaired) electrons. The molecule has 0 aliphatic carbocycles. The summed E-state index contributed by atoms with van der Waals surface area (Å²) in [6.45, 7) is 0. The fourth-order valence-electron chi connectivity index (χ4n) is 0.956. The average Bonchev–Trinajstić information content (AvgIpc) is 2.34. The molecule has 55 valence electrons. The third-order valence-electron chi connectivity index (χ3n) is 1.48.